The quantitative estimate of drug-likeness (QED) is 0.845. The van der Waals surface area contributed by atoms with Crippen LogP contribution in [-0.4, -0.2) is 11.1 Å². The van der Waals surface area contributed by atoms with Crippen molar-refractivity contribution in [1.82, 2.24) is 0 Å². The summed E-state index contributed by atoms with van der Waals surface area (Å²) < 4.78 is 0. The first-order valence-corrected chi connectivity index (χ1v) is 6.52. The fourth-order valence-electron chi connectivity index (χ4n) is 3.76. The zero-order chi connectivity index (χ0) is 11.9. The smallest absolute Gasteiger partial charge is 0.307 e. The molecule has 1 aromatic rings. The van der Waals surface area contributed by atoms with E-state index in [4.69, 9.17) is 0 Å². The van der Waals surface area contributed by atoms with Crippen LogP contribution in [0, 0.1) is 11.3 Å². The Morgan fingerprint density at radius 1 is 1.24 bits per heavy atom. The summed E-state index contributed by atoms with van der Waals surface area (Å²) in [5.41, 5.74) is 1.43. The number of benzene rings is 1. The van der Waals surface area contributed by atoms with Crippen LogP contribution in [0.1, 0.15) is 43.6 Å². The summed E-state index contributed by atoms with van der Waals surface area (Å²) in [6.45, 7) is 0. The molecular weight excluding hydrogens is 212 g/mol. The van der Waals surface area contributed by atoms with Gasteiger partial charge in [0.25, 0.3) is 0 Å². The first-order chi connectivity index (χ1) is 8.24. The van der Waals surface area contributed by atoms with E-state index in [2.05, 4.69) is 24.3 Å². The van der Waals surface area contributed by atoms with Crippen molar-refractivity contribution in [1.29, 1.82) is 0 Å². The summed E-state index contributed by atoms with van der Waals surface area (Å²) in [4.78, 5) is 11.2. The topological polar surface area (TPSA) is 37.3 Å². The summed E-state index contributed by atoms with van der Waals surface area (Å²) >= 11 is 0. The Hall–Kier alpha value is -1.31. The number of hydrogen-bond donors (Lipinski definition) is 1. The fourth-order valence-corrected chi connectivity index (χ4v) is 3.76. The number of rotatable bonds is 2. The minimum absolute atomic E-state index is 0.0887. The third kappa shape index (κ3) is 1.67. The summed E-state index contributed by atoms with van der Waals surface area (Å²) in [6, 6.07) is 10.5. The molecule has 2 aliphatic carbocycles. The maximum absolute atomic E-state index is 11.2. The highest BCUT2D eigenvalue weighted by atomic mass is 16.4. The molecule has 17 heavy (non-hydrogen) atoms. The molecule has 2 heteroatoms. The molecule has 0 heterocycles. The molecule has 0 radical (unpaired) electrons. The minimum Gasteiger partial charge on any atom is -0.481 e. The van der Waals surface area contributed by atoms with Gasteiger partial charge in [0.1, 0.15) is 0 Å². The van der Waals surface area contributed by atoms with Gasteiger partial charge < -0.3 is 5.11 Å². The zero-order valence-corrected chi connectivity index (χ0v) is 9.93. The molecular formula is C15H18O2. The van der Waals surface area contributed by atoms with E-state index in [0.29, 0.717) is 5.92 Å². The molecule has 1 spiro atoms. The summed E-state index contributed by atoms with van der Waals surface area (Å²) in [6.07, 6.45) is 5.60. The van der Waals surface area contributed by atoms with Crippen LogP contribution in [0.25, 0.3) is 0 Å². The number of aliphatic carboxylic acids is 1. The van der Waals surface area contributed by atoms with Crippen molar-refractivity contribution in [3.8, 4) is 0 Å². The van der Waals surface area contributed by atoms with Gasteiger partial charge in [-0.1, -0.05) is 43.2 Å². The molecule has 1 N–H and O–H groups in total. The lowest BCUT2D eigenvalue weighted by molar-refractivity contribution is -0.139. The molecule has 2 aliphatic rings. The molecule has 0 amide bonds. The van der Waals surface area contributed by atoms with Crippen LogP contribution >= 0.6 is 0 Å². The maximum atomic E-state index is 11.2. The molecule has 2 fully saturated rings. The van der Waals surface area contributed by atoms with Gasteiger partial charge in [0.15, 0.2) is 0 Å². The van der Waals surface area contributed by atoms with Crippen molar-refractivity contribution in [3.63, 3.8) is 0 Å². The van der Waals surface area contributed by atoms with Crippen LogP contribution in [0.3, 0.4) is 0 Å². The van der Waals surface area contributed by atoms with E-state index < -0.39 is 5.97 Å². The molecule has 0 bridgehead atoms. The minimum atomic E-state index is -0.590. The van der Waals surface area contributed by atoms with Crippen molar-refractivity contribution in [2.75, 3.05) is 0 Å². The lowest BCUT2D eigenvalue weighted by Crippen LogP contribution is -2.23. The van der Waals surface area contributed by atoms with Crippen molar-refractivity contribution < 1.29 is 9.90 Å². The van der Waals surface area contributed by atoms with Crippen molar-refractivity contribution in [2.24, 2.45) is 11.3 Å². The predicted octanol–water partition coefficient (Wildman–Crippen LogP) is 3.44. The van der Waals surface area contributed by atoms with E-state index >= 15 is 0 Å². The molecule has 3 rings (SSSR count). The molecule has 2 nitrogen and oxygen atoms in total. The fraction of sp³-hybridized carbons (Fsp3) is 0.533. The van der Waals surface area contributed by atoms with Crippen molar-refractivity contribution >= 4 is 5.97 Å². The van der Waals surface area contributed by atoms with Crippen LogP contribution in [0.4, 0.5) is 0 Å². The predicted molar refractivity (Wildman–Crippen MR) is 65.8 cm³/mol. The SMILES string of the molecule is O=C(O)C1CC12CCCCC2c1ccccc1. The molecule has 0 aliphatic heterocycles. The van der Waals surface area contributed by atoms with Crippen LogP contribution in [-0.2, 0) is 4.79 Å². The van der Waals surface area contributed by atoms with Gasteiger partial charge in [0.05, 0.1) is 5.92 Å². The third-order valence-corrected chi connectivity index (χ3v) is 4.70. The molecule has 1 aromatic carbocycles. The summed E-state index contributed by atoms with van der Waals surface area (Å²) in [5.74, 6) is -0.209. The van der Waals surface area contributed by atoms with Gasteiger partial charge in [-0.25, -0.2) is 0 Å². The highest BCUT2D eigenvalue weighted by Gasteiger charge is 2.62. The Labute approximate surface area is 102 Å². The normalized spacial score (nSPS) is 35.8. The third-order valence-electron chi connectivity index (χ3n) is 4.70. The second-order valence-corrected chi connectivity index (χ2v) is 5.54. The van der Waals surface area contributed by atoms with E-state index in [1.165, 1.54) is 18.4 Å². The van der Waals surface area contributed by atoms with Gasteiger partial charge >= 0.3 is 5.97 Å². The molecule has 2 saturated carbocycles. The van der Waals surface area contributed by atoms with Crippen LogP contribution in [0.5, 0.6) is 0 Å². The molecule has 0 saturated heterocycles. The number of carboxylic acids is 1. The Bertz CT molecular complexity index is 426. The molecule has 3 atom stereocenters. The second-order valence-electron chi connectivity index (χ2n) is 5.54. The zero-order valence-electron chi connectivity index (χ0n) is 9.93. The average Bonchev–Trinajstić information content (AvgIpc) is 3.06. The van der Waals surface area contributed by atoms with Gasteiger partial charge in [0, 0.05) is 0 Å². The van der Waals surface area contributed by atoms with Gasteiger partial charge in [-0.15, -0.1) is 0 Å². The van der Waals surface area contributed by atoms with Gasteiger partial charge in [-0.2, -0.15) is 0 Å². The standard InChI is InChI=1S/C15H18O2/c16-14(17)13-10-15(13)9-5-4-8-12(15)11-6-2-1-3-7-11/h1-3,6-7,12-13H,4-5,8-10H2,(H,16,17). The van der Waals surface area contributed by atoms with Gasteiger partial charge in [-0.05, 0) is 36.2 Å². The summed E-state index contributed by atoms with van der Waals surface area (Å²) in [5, 5.41) is 9.24. The Balaban J connectivity index is 1.90. The lowest BCUT2D eigenvalue weighted by atomic mass is 9.71. The molecule has 0 aromatic heterocycles. The first kappa shape index (κ1) is 10.8. The highest BCUT2D eigenvalue weighted by molar-refractivity contribution is 5.75. The van der Waals surface area contributed by atoms with Gasteiger partial charge in [-0.3, -0.25) is 4.79 Å². The number of carbonyl (C=O) groups is 1. The molecule has 90 valence electrons. The monoisotopic (exact) mass is 230 g/mol. The number of carboxylic acid groups (broad SMARTS) is 1. The highest BCUT2D eigenvalue weighted by Crippen LogP contribution is 2.67. The Morgan fingerprint density at radius 2 is 2.00 bits per heavy atom. The van der Waals surface area contributed by atoms with Crippen LogP contribution in [0.2, 0.25) is 0 Å². The lowest BCUT2D eigenvalue weighted by Gasteiger charge is -2.33. The molecule has 3 unspecified atom stereocenters. The largest absolute Gasteiger partial charge is 0.481 e. The number of hydrogen-bond acceptors (Lipinski definition) is 1. The van der Waals surface area contributed by atoms with E-state index in [0.717, 1.165) is 19.3 Å². The Kier molecular flexibility index (Phi) is 2.46. The summed E-state index contributed by atoms with van der Waals surface area (Å²) in [7, 11) is 0. The van der Waals surface area contributed by atoms with E-state index in [9.17, 15) is 9.90 Å². The van der Waals surface area contributed by atoms with E-state index in [-0.39, 0.29) is 11.3 Å². The van der Waals surface area contributed by atoms with E-state index in [1.54, 1.807) is 0 Å². The maximum Gasteiger partial charge on any atom is 0.307 e. The van der Waals surface area contributed by atoms with Crippen LogP contribution in [0.15, 0.2) is 30.3 Å². The second kappa shape index (κ2) is 3.86. The first-order valence-electron chi connectivity index (χ1n) is 6.52. The van der Waals surface area contributed by atoms with Crippen molar-refractivity contribution in [2.45, 2.75) is 38.0 Å². The van der Waals surface area contributed by atoms with Crippen molar-refractivity contribution in [3.05, 3.63) is 35.9 Å². The Morgan fingerprint density at radius 3 is 2.65 bits per heavy atom. The van der Waals surface area contributed by atoms with E-state index in [1.807, 2.05) is 6.07 Å². The van der Waals surface area contributed by atoms with Crippen LogP contribution < -0.4 is 0 Å². The van der Waals surface area contributed by atoms with Gasteiger partial charge in [0.2, 0.25) is 0 Å². The average molecular weight is 230 g/mol.